The molecule has 0 radical (unpaired) electrons. The molecule has 3 aromatic heterocycles. The number of rotatable bonds is 3. The molecule has 0 atom stereocenters. The summed E-state index contributed by atoms with van der Waals surface area (Å²) >= 11 is 0.488. The van der Waals surface area contributed by atoms with Gasteiger partial charge in [0.15, 0.2) is 14.8 Å². The second-order valence-corrected chi connectivity index (χ2v) is 7.92. The summed E-state index contributed by atoms with van der Waals surface area (Å²) in [6.45, 7) is 1.51. The number of imidazole rings is 1. The number of sulfone groups is 1. The lowest BCUT2D eigenvalue weighted by Crippen LogP contribution is -2.06. The van der Waals surface area contributed by atoms with Crippen LogP contribution < -0.4 is 0 Å². The summed E-state index contributed by atoms with van der Waals surface area (Å²) in [6, 6.07) is 2.90. The third-order valence-electron chi connectivity index (χ3n) is 3.16. The van der Waals surface area contributed by atoms with Crippen molar-refractivity contribution in [2.45, 2.75) is 18.0 Å². The maximum atomic E-state index is 12.7. The lowest BCUT2D eigenvalue weighted by Gasteiger charge is -2.05. The van der Waals surface area contributed by atoms with E-state index in [4.69, 9.17) is 0 Å². The Bertz CT molecular complexity index is 942. The molecular formula is C13H10F3N3O2S2. The van der Waals surface area contributed by atoms with Crippen molar-refractivity contribution in [3.63, 3.8) is 0 Å². The molecule has 0 unspecified atom stereocenters. The fraction of sp³-hybridized carbons (Fsp3) is 0.231. The van der Waals surface area contributed by atoms with E-state index in [0.717, 1.165) is 6.20 Å². The predicted octanol–water partition coefficient (Wildman–Crippen LogP) is 3.27. The molecule has 0 aliphatic carbocycles. The summed E-state index contributed by atoms with van der Waals surface area (Å²) in [5, 5.41) is 0. The van der Waals surface area contributed by atoms with Crippen LogP contribution in [0, 0.1) is 0 Å². The molecule has 0 spiro atoms. The highest BCUT2D eigenvalue weighted by atomic mass is 32.2. The zero-order valence-corrected chi connectivity index (χ0v) is 13.3. The first-order valence-corrected chi connectivity index (χ1v) is 8.93. The maximum Gasteiger partial charge on any atom is 0.427 e. The van der Waals surface area contributed by atoms with Crippen molar-refractivity contribution in [3.8, 4) is 11.4 Å². The fourth-order valence-electron chi connectivity index (χ4n) is 2.03. The van der Waals surface area contributed by atoms with Gasteiger partial charge in [-0.2, -0.15) is 13.2 Å². The van der Waals surface area contributed by atoms with Crippen molar-refractivity contribution in [2.24, 2.45) is 0 Å². The monoisotopic (exact) mass is 361 g/mol. The average molecular weight is 361 g/mol. The van der Waals surface area contributed by atoms with E-state index in [-0.39, 0.29) is 27.0 Å². The van der Waals surface area contributed by atoms with Gasteiger partial charge in [-0.3, -0.25) is 9.38 Å². The van der Waals surface area contributed by atoms with Crippen LogP contribution in [0.1, 0.15) is 11.8 Å². The van der Waals surface area contributed by atoms with Crippen LogP contribution in [-0.2, 0) is 16.0 Å². The molecule has 3 heterocycles. The highest BCUT2D eigenvalue weighted by Crippen LogP contribution is 2.36. The molecule has 3 aromatic rings. The minimum atomic E-state index is -4.44. The predicted molar refractivity (Wildman–Crippen MR) is 79.0 cm³/mol. The number of hydrogen-bond donors (Lipinski definition) is 0. The molecule has 0 bridgehead atoms. The molecule has 0 aromatic carbocycles. The normalized spacial score (nSPS) is 12.9. The summed E-state index contributed by atoms with van der Waals surface area (Å²) in [4.78, 5) is 7.49. The van der Waals surface area contributed by atoms with Crippen LogP contribution >= 0.6 is 11.3 Å². The molecule has 0 saturated carbocycles. The Hall–Kier alpha value is -1.94. The summed E-state index contributed by atoms with van der Waals surface area (Å²) in [6.07, 6.45) is -0.753. The highest BCUT2D eigenvalue weighted by Gasteiger charge is 2.33. The van der Waals surface area contributed by atoms with E-state index in [1.807, 2.05) is 0 Å². The van der Waals surface area contributed by atoms with E-state index < -0.39 is 20.9 Å². The quantitative estimate of drug-likeness (QED) is 0.718. The number of alkyl halides is 3. The van der Waals surface area contributed by atoms with E-state index in [9.17, 15) is 21.6 Å². The number of thiazole rings is 1. The molecule has 5 nitrogen and oxygen atoms in total. The molecule has 3 rings (SSSR count). The Balaban J connectivity index is 2.14. The van der Waals surface area contributed by atoms with Crippen LogP contribution in [0.25, 0.3) is 16.3 Å². The van der Waals surface area contributed by atoms with Gasteiger partial charge in [0.05, 0.1) is 10.6 Å². The third kappa shape index (κ3) is 2.83. The molecule has 10 heteroatoms. The average Bonchev–Trinajstić information content (AvgIpc) is 3.05. The second kappa shape index (κ2) is 5.31. The number of hydrogen-bond acceptors (Lipinski definition) is 5. The zero-order chi connectivity index (χ0) is 16.8. The molecule has 0 amide bonds. The number of nitrogens with zero attached hydrogens (tertiary/aromatic N) is 3. The number of halogens is 3. The van der Waals surface area contributed by atoms with Gasteiger partial charge >= 0.3 is 6.18 Å². The Morgan fingerprint density at radius 1 is 1.30 bits per heavy atom. The Morgan fingerprint density at radius 3 is 2.65 bits per heavy atom. The van der Waals surface area contributed by atoms with Gasteiger partial charge in [0.25, 0.3) is 0 Å². The molecule has 0 saturated heterocycles. The first-order chi connectivity index (χ1) is 10.7. The van der Waals surface area contributed by atoms with E-state index in [2.05, 4.69) is 9.97 Å². The SMILES string of the molecule is CCS(=O)(=O)c1cccnc1-c1cn2cc(C(F)(F)F)sc2n1. The van der Waals surface area contributed by atoms with Gasteiger partial charge in [0.1, 0.15) is 16.3 Å². The van der Waals surface area contributed by atoms with Crippen LogP contribution in [0.2, 0.25) is 0 Å². The largest absolute Gasteiger partial charge is 0.427 e. The summed E-state index contributed by atoms with van der Waals surface area (Å²) in [5.74, 6) is -0.105. The van der Waals surface area contributed by atoms with E-state index in [0.29, 0.717) is 11.3 Å². The summed E-state index contributed by atoms with van der Waals surface area (Å²) in [7, 11) is -3.52. The zero-order valence-electron chi connectivity index (χ0n) is 11.7. The van der Waals surface area contributed by atoms with Gasteiger partial charge in [0, 0.05) is 18.6 Å². The van der Waals surface area contributed by atoms with E-state index in [1.54, 1.807) is 0 Å². The Labute approximate surface area is 133 Å². The van der Waals surface area contributed by atoms with Crippen molar-refractivity contribution in [3.05, 3.63) is 35.6 Å². The van der Waals surface area contributed by atoms with Crippen molar-refractivity contribution in [1.29, 1.82) is 0 Å². The maximum absolute atomic E-state index is 12.7. The standard InChI is InChI=1S/C13H10F3N3O2S2/c1-2-23(20,21)9-4-3-5-17-11(9)8-6-19-7-10(13(14,15)16)22-12(19)18-8/h3-7H,2H2,1H3. The first-order valence-electron chi connectivity index (χ1n) is 6.46. The van der Waals surface area contributed by atoms with Crippen LogP contribution in [0.15, 0.2) is 35.6 Å². The lowest BCUT2D eigenvalue weighted by molar-refractivity contribution is -0.134. The van der Waals surface area contributed by atoms with Crippen molar-refractivity contribution >= 4 is 26.1 Å². The molecule has 23 heavy (non-hydrogen) atoms. The molecule has 122 valence electrons. The Kier molecular flexibility index (Phi) is 3.68. The molecule has 0 aliphatic rings. The Morgan fingerprint density at radius 2 is 2.04 bits per heavy atom. The summed E-state index contributed by atoms with van der Waals surface area (Å²) < 4.78 is 63.5. The smallest absolute Gasteiger partial charge is 0.296 e. The van der Waals surface area contributed by atoms with Crippen LogP contribution in [0.5, 0.6) is 0 Å². The van der Waals surface area contributed by atoms with Crippen molar-refractivity contribution in [1.82, 2.24) is 14.4 Å². The van der Waals surface area contributed by atoms with Gasteiger partial charge in [-0.05, 0) is 12.1 Å². The van der Waals surface area contributed by atoms with Crippen LogP contribution in [0.4, 0.5) is 13.2 Å². The van der Waals surface area contributed by atoms with Gasteiger partial charge < -0.3 is 0 Å². The number of aromatic nitrogens is 3. The number of fused-ring (bicyclic) bond motifs is 1. The third-order valence-corrected chi connectivity index (χ3v) is 5.96. The van der Waals surface area contributed by atoms with Gasteiger partial charge in [-0.15, -0.1) is 0 Å². The molecular weight excluding hydrogens is 351 g/mol. The van der Waals surface area contributed by atoms with Gasteiger partial charge in [-0.1, -0.05) is 18.3 Å². The minimum Gasteiger partial charge on any atom is -0.296 e. The molecule has 0 N–H and O–H groups in total. The van der Waals surface area contributed by atoms with E-state index in [1.165, 1.54) is 35.9 Å². The summed E-state index contributed by atoms with van der Waals surface area (Å²) in [5.41, 5.74) is 0.358. The fourth-order valence-corrected chi connectivity index (χ4v) is 3.91. The van der Waals surface area contributed by atoms with Crippen molar-refractivity contribution in [2.75, 3.05) is 5.75 Å². The molecule has 0 fully saturated rings. The second-order valence-electron chi connectivity index (χ2n) is 4.66. The topological polar surface area (TPSA) is 64.3 Å². The van der Waals surface area contributed by atoms with Crippen LogP contribution in [-0.4, -0.2) is 28.5 Å². The lowest BCUT2D eigenvalue weighted by atomic mass is 10.3. The van der Waals surface area contributed by atoms with E-state index >= 15 is 0 Å². The van der Waals surface area contributed by atoms with Gasteiger partial charge in [-0.25, -0.2) is 13.4 Å². The minimum absolute atomic E-state index is 0.0179. The van der Waals surface area contributed by atoms with Crippen molar-refractivity contribution < 1.29 is 21.6 Å². The van der Waals surface area contributed by atoms with Crippen LogP contribution in [0.3, 0.4) is 0 Å². The molecule has 0 aliphatic heterocycles. The highest BCUT2D eigenvalue weighted by molar-refractivity contribution is 7.91. The number of pyridine rings is 1. The van der Waals surface area contributed by atoms with Gasteiger partial charge in [0.2, 0.25) is 0 Å². The first kappa shape index (κ1) is 15.9.